The van der Waals surface area contributed by atoms with Crippen molar-refractivity contribution < 1.29 is 4.79 Å². The first-order valence-corrected chi connectivity index (χ1v) is 7.45. The normalized spacial score (nSPS) is 14.3. The largest absolute Gasteiger partial charge is 0.357 e. The molecule has 5 nitrogen and oxygen atoms in total. The Balaban J connectivity index is 0.00000220. The molecule has 1 fully saturated rings. The first-order valence-electron chi connectivity index (χ1n) is 7.45. The Kier molecular flexibility index (Phi) is 11.0. The van der Waals surface area contributed by atoms with Crippen LogP contribution in [0.25, 0.3) is 0 Å². The van der Waals surface area contributed by atoms with Crippen molar-refractivity contribution in [1.29, 1.82) is 0 Å². The molecule has 0 atom stereocenters. The second-order valence-corrected chi connectivity index (χ2v) is 5.17. The first-order chi connectivity index (χ1) is 9.81. The molecule has 0 spiro atoms. The van der Waals surface area contributed by atoms with Crippen LogP contribution < -0.4 is 15.5 Å². The van der Waals surface area contributed by atoms with Crippen LogP contribution in [0.1, 0.15) is 36.0 Å². The molecule has 1 saturated heterocycles. The molecule has 2 heterocycles. The number of likely N-dealkylation sites (N-methyl/N-ethyl adjacent to an activating group) is 1. The molecule has 0 radical (unpaired) electrons. The van der Waals surface area contributed by atoms with E-state index < -0.39 is 0 Å². The van der Waals surface area contributed by atoms with Gasteiger partial charge in [0.25, 0.3) is 5.91 Å². The Labute approximate surface area is 145 Å². The summed E-state index contributed by atoms with van der Waals surface area (Å²) < 4.78 is 0. The summed E-state index contributed by atoms with van der Waals surface area (Å²) >= 11 is 0. The van der Waals surface area contributed by atoms with Crippen LogP contribution in [-0.4, -0.2) is 44.1 Å². The number of hydrogen-bond acceptors (Lipinski definition) is 4. The summed E-state index contributed by atoms with van der Waals surface area (Å²) in [6.07, 6.45) is 6.75. The molecule has 126 valence electrons. The van der Waals surface area contributed by atoms with Crippen molar-refractivity contribution >= 4 is 36.5 Å². The molecule has 1 aliphatic rings. The van der Waals surface area contributed by atoms with Gasteiger partial charge in [0, 0.05) is 32.4 Å². The number of nitrogens with zero attached hydrogens (tertiary/aromatic N) is 2. The molecule has 7 heteroatoms. The van der Waals surface area contributed by atoms with Crippen LogP contribution in [0.15, 0.2) is 18.3 Å². The third-order valence-electron chi connectivity index (χ3n) is 3.60. The number of hydrogen-bond donors (Lipinski definition) is 2. The van der Waals surface area contributed by atoms with Crippen molar-refractivity contribution in [3.63, 3.8) is 0 Å². The standard InChI is InChI=1S/C15H24N4O.2ClH/c1-16-8-9-17-15(20)13-6-7-14(18-12-13)19-10-4-2-3-5-11-19;;/h6-7,12,16H,2-5,8-11H2,1H3,(H,17,20);2*1H. The van der Waals surface area contributed by atoms with Crippen LogP contribution in [0.3, 0.4) is 0 Å². The number of carbonyl (C=O) groups excluding carboxylic acids is 1. The lowest BCUT2D eigenvalue weighted by atomic mass is 10.2. The van der Waals surface area contributed by atoms with E-state index in [0.29, 0.717) is 12.1 Å². The topological polar surface area (TPSA) is 57.3 Å². The van der Waals surface area contributed by atoms with E-state index in [4.69, 9.17) is 0 Å². The van der Waals surface area contributed by atoms with Gasteiger partial charge in [-0.25, -0.2) is 4.98 Å². The summed E-state index contributed by atoms with van der Waals surface area (Å²) in [6, 6.07) is 3.82. The fraction of sp³-hybridized carbons (Fsp3) is 0.600. The Morgan fingerprint density at radius 2 is 1.82 bits per heavy atom. The van der Waals surface area contributed by atoms with Crippen LogP contribution in [0.4, 0.5) is 5.82 Å². The van der Waals surface area contributed by atoms with E-state index in [1.165, 1.54) is 25.7 Å². The van der Waals surface area contributed by atoms with E-state index in [0.717, 1.165) is 25.5 Å². The van der Waals surface area contributed by atoms with Crippen molar-refractivity contribution in [1.82, 2.24) is 15.6 Å². The average Bonchev–Trinajstić information content (AvgIpc) is 2.77. The minimum absolute atomic E-state index is 0. The van der Waals surface area contributed by atoms with Gasteiger partial charge in [0.2, 0.25) is 0 Å². The summed E-state index contributed by atoms with van der Waals surface area (Å²) in [5, 5.41) is 5.85. The van der Waals surface area contributed by atoms with Gasteiger partial charge in [0.05, 0.1) is 5.56 Å². The van der Waals surface area contributed by atoms with Gasteiger partial charge < -0.3 is 15.5 Å². The zero-order valence-corrected chi connectivity index (χ0v) is 14.6. The summed E-state index contributed by atoms with van der Waals surface area (Å²) in [5.41, 5.74) is 0.625. The molecule has 2 N–H and O–H groups in total. The van der Waals surface area contributed by atoms with Gasteiger partial charge >= 0.3 is 0 Å². The number of rotatable bonds is 5. The van der Waals surface area contributed by atoms with Gasteiger partial charge in [-0.15, -0.1) is 24.8 Å². The molecule has 0 unspecified atom stereocenters. The summed E-state index contributed by atoms with van der Waals surface area (Å²) in [6.45, 7) is 3.54. The Morgan fingerprint density at radius 1 is 1.14 bits per heavy atom. The molecule has 1 amide bonds. The van der Waals surface area contributed by atoms with Crippen molar-refractivity contribution in [3.05, 3.63) is 23.9 Å². The third kappa shape index (κ3) is 6.38. The van der Waals surface area contributed by atoms with E-state index in [1.54, 1.807) is 6.20 Å². The van der Waals surface area contributed by atoms with Gasteiger partial charge in [0.1, 0.15) is 5.82 Å². The van der Waals surface area contributed by atoms with Gasteiger partial charge in [-0.2, -0.15) is 0 Å². The number of carbonyl (C=O) groups is 1. The van der Waals surface area contributed by atoms with E-state index in [2.05, 4.69) is 20.5 Å². The van der Waals surface area contributed by atoms with Crippen LogP contribution in [0.5, 0.6) is 0 Å². The van der Waals surface area contributed by atoms with Crippen molar-refractivity contribution in [3.8, 4) is 0 Å². The van der Waals surface area contributed by atoms with Crippen molar-refractivity contribution in [2.75, 3.05) is 38.1 Å². The highest BCUT2D eigenvalue weighted by Crippen LogP contribution is 2.17. The zero-order valence-electron chi connectivity index (χ0n) is 13.0. The molecule has 0 aromatic carbocycles. The maximum absolute atomic E-state index is 11.9. The highest BCUT2D eigenvalue weighted by Gasteiger charge is 2.12. The number of nitrogens with one attached hydrogen (secondary N) is 2. The smallest absolute Gasteiger partial charge is 0.252 e. The van der Waals surface area contributed by atoms with Gasteiger partial charge in [0.15, 0.2) is 0 Å². The molecular weight excluding hydrogens is 323 g/mol. The number of aromatic nitrogens is 1. The molecule has 2 rings (SSSR count). The summed E-state index contributed by atoms with van der Waals surface area (Å²) in [7, 11) is 1.86. The Hall–Kier alpha value is -1.04. The monoisotopic (exact) mass is 348 g/mol. The Bertz CT molecular complexity index is 420. The molecular formula is C15H26Cl2N4O. The third-order valence-corrected chi connectivity index (χ3v) is 3.60. The minimum Gasteiger partial charge on any atom is -0.357 e. The molecule has 1 aromatic heterocycles. The summed E-state index contributed by atoms with van der Waals surface area (Å²) in [4.78, 5) is 18.6. The predicted octanol–water partition coefficient (Wildman–Crippen LogP) is 2.25. The zero-order chi connectivity index (χ0) is 14.2. The van der Waals surface area contributed by atoms with Gasteiger partial charge in [-0.3, -0.25) is 4.79 Å². The quantitative estimate of drug-likeness (QED) is 0.801. The Morgan fingerprint density at radius 3 is 2.36 bits per heavy atom. The molecule has 0 bridgehead atoms. The predicted molar refractivity (Wildman–Crippen MR) is 95.7 cm³/mol. The number of anilines is 1. The van der Waals surface area contributed by atoms with Crippen LogP contribution in [0, 0.1) is 0 Å². The molecule has 22 heavy (non-hydrogen) atoms. The fourth-order valence-electron chi connectivity index (χ4n) is 2.41. The van der Waals surface area contributed by atoms with E-state index in [-0.39, 0.29) is 30.7 Å². The van der Waals surface area contributed by atoms with Crippen LogP contribution in [-0.2, 0) is 0 Å². The molecule has 0 aliphatic carbocycles. The second-order valence-electron chi connectivity index (χ2n) is 5.17. The number of halogens is 2. The first kappa shape index (κ1) is 21.0. The maximum atomic E-state index is 11.9. The average molecular weight is 349 g/mol. The molecule has 1 aliphatic heterocycles. The van der Waals surface area contributed by atoms with Crippen molar-refractivity contribution in [2.24, 2.45) is 0 Å². The van der Waals surface area contributed by atoms with Crippen molar-refractivity contribution in [2.45, 2.75) is 25.7 Å². The number of amides is 1. The molecule has 1 aromatic rings. The maximum Gasteiger partial charge on any atom is 0.252 e. The molecule has 0 saturated carbocycles. The lowest BCUT2D eigenvalue weighted by molar-refractivity contribution is 0.0954. The fourth-order valence-corrected chi connectivity index (χ4v) is 2.41. The van der Waals surface area contributed by atoms with E-state index >= 15 is 0 Å². The van der Waals surface area contributed by atoms with Crippen LogP contribution in [0.2, 0.25) is 0 Å². The number of pyridine rings is 1. The highest BCUT2D eigenvalue weighted by atomic mass is 35.5. The van der Waals surface area contributed by atoms with Gasteiger partial charge in [-0.1, -0.05) is 12.8 Å². The van der Waals surface area contributed by atoms with Gasteiger partial charge in [-0.05, 0) is 32.0 Å². The highest BCUT2D eigenvalue weighted by molar-refractivity contribution is 5.94. The van der Waals surface area contributed by atoms with E-state index in [9.17, 15) is 4.79 Å². The van der Waals surface area contributed by atoms with Crippen LogP contribution >= 0.6 is 24.8 Å². The lowest BCUT2D eigenvalue weighted by Crippen LogP contribution is -2.30. The summed E-state index contributed by atoms with van der Waals surface area (Å²) in [5.74, 6) is 0.925. The SMILES string of the molecule is CNCCNC(=O)c1ccc(N2CCCCCC2)nc1.Cl.Cl. The minimum atomic E-state index is -0.0600. The lowest BCUT2D eigenvalue weighted by Gasteiger charge is -2.21. The second kappa shape index (κ2) is 11.5. The van der Waals surface area contributed by atoms with E-state index in [1.807, 2.05) is 19.2 Å².